The summed E-state index contributed by atoms with van der Waals surface area (Å²) in [5.41, 5.74) is 0.136. The minimum Gasteiger partial charge on any atom is -0.598 e. The van der Waals surface area contributed by atoms with E-state index in [2.05, 4.69) is 15.0 Å². The van der Waals surface area contributed by atoms with E-state index in [0.717, 1.165) is 10.4 Å². The van der Waals surface area contributed by atoms with Crippen molar-refractivity contribution < 1.29 is 18.5 Å². The molecule has 10 heteroatoms. The van der Waals surface area contributed by atoms with Crippen LogP contribution >= 0.6 is 22.9 Å². The lowest BCUT2D eigenvalue weighted by Crippen LogP contribution is -2.43. The predicted octanol–water partition coefficient (Wildman–Crippen LogP) is 5.06. The van der Waals surface area contributed by atoms with Crippen LogP contribution in [0.25, 0.3) is 0 Å². The number of thiazole rings is 1. The number of carbonyl (C=O) groups excluding carboxylic acids is 1. The summed E-state index contributed by atoms with van der Waals surface area (Å²) in [5.74, 6) is -0.406. The molecule has 1 heterocycles. The summed E-state index contributed by atoms with van der Waals surface area (Å²) in [4.78, 5) is 16.7. The predicted molar refractivity (Wildman–Crippen MR) is 116 cm³/mol. The third-order valence-electron chi connectivity index (χ3n) is 3.67. The van der Waals surface area contributed by atoms with Gasteiger partial charge in [-0.15, -0.1) is 16.1 Å². The number of benzene rings is 1. The molecule has 0 aliphatic heterocycles. The van der Waals surface area contributed by atoms with Crippen molar-refractivity contribution in [2.75, 3.05) is 5.32 Å². The van der Waals surface area contributed by atoms with Crippen LogP contribution < -0.4 is 10.0 Å². The number of ether oxygens (including phenoxy) is 1. The van der Waals surface area contributed by atoms with Gasteiger partial charge in [0.05, 0.1) is 6.54 Å². The summed E-state index contributed by atoms with van der Waals surface area (Å²) < 4.78 is 33.5. The molecule has 0 unspecified atom stereocenters. The van der Waals surface area contributed by atoms with Crippen molar-refractivity contribution in [3.63, 3.8) is 0 Å². The molecule has 1 aromatic carbocycles. The second-order valence-corrected chi connectivity index (χ2v) is 11.5. The first-order valence-corrected chi connectivity index (χ1v) is 11.2. The van der Waals surface area contributed by atoms with Gasteiger partial charge in [-0.05, 0) is 52.3 Å². The molecule has 1 amide bonds. The normalized spacial score (nSPS) is 13.2. The summed E-state index contributed by atoms with van der Waals surface area (Å²) in [7, 11) is 0. The number of aromatic nitrogens is 1. The Labute approximate surface area is 182 Å². The Hall–Kier alpha value is -1.39. The Morgan fingerprint density at radius 1 is 1.34 bits per heavy atom. The summed E-state index contributed by atoms with van der Waals surface area (Å²) in [6, 6.07) is 4.19. The highest BCUT2D eigenvalue weighted by molar-refractivity contribution is 7.90. The number of halogens is 2. The fourth-order valence-electron chi connectivity index (χ4n) is 2.36. The quantitative estimate of drug-likeness (QED) is 0.563. The minimum absolute atomic E-state index is 0.315. The van der Waals surface area contributed by atoms with Crippen molar-refractivity contribution in [3.8, 4) is 0 Å². The van der Waals surface area contributed by atoms with Gasteiger partial charge in [-0.2, -0.15) is 0 Å². The number of nitrogens with zero attached hydrogens (tertiary/aromatic N) is 1. The summed E-state index contributed by atoms with van der Waals surface area (Å²) in [5, 5.41) is 3.29. The smallest absolute Gasteiger partial charge is 0.413 e. The van der Waals surface area contributed by atoms with Crippen LogP contribution in [0.3, 0.4) is 0 Å². The summed E-state index contributed by atoms with van der Waals surface area (Å²) in [6.45, 7) is 9.34. The average Bonchev–Trinajstić information content (AvgIpc) is 3.00. The van der Waals surface area contributed by atoms with Crippen LogP contribution in [-0.2, 0) is 29.1 Å². The fraction of sp³-hybridized carbons (Fsp3) is 0.474. The van der Waals surface area contributed by atoms with Gasteiger partial charge in [0.25, 0.3) is 0 Å². The van der Waals surface area contributed by atoms with Gasteiger partial charge in [-0.3, -0.25) is 5.32 Å². The van der Waals surface area contributed by atoms with Crippen molar-refractivity contribution in [3.05, 3.63) is 45.7 Å². The highest BCUT2D eigenvalue weighted by Gasteiger charge is 2.33. The molecule has 0 bridgehead atoms. The number of rotatable bonds is 7. The molecule has 2 aromatic rings. The fourth-order valence-corrected chi connectivity index (χ4v) is 4.39. The standard InChI is InChI=1S/C19H25ClFN3O3S2/c1-18(2,3)27-17(25)24-16-22-10-14(28-16)11-23-29(26)19(4,5)9-12-6-7-13(21)8-15(12)20/h6-8,10,23H,9,11H2,1-5H3,(H,22,24,25)/t29-/m1/s1. The zero-order valence-corrected chi connectivity index (χ0v) is 19.4. The van der Waals surface area contributed by atoms with Crippen molar-refractivity contribution in [1.82, 2.24) is 9.71 Å². The van der Waals surface area contributed by atoms with E-state index in [1.807, 2.05) is 13.8 Å². The molecule has 1 atom stereocenters. The number of hydrogen-bond acceptors (Lipinski definition) is 6. The SMILES string of the molecule is CC(C)(C)OC(=O)Nc1ncc(CN[S@+]([O-])C(C)(C)Cc2ccc(F)cc2Cl)s1. The van der Waals surface area contributed by atoms with Crippen molar-refractivity contribution >= 4 is 45.5 Å². The van der Waals surface area contributed by atoms with E-state index in [1.54, 1.807) is 33.0 Å². The number of nitrogens with one attached hydrogen (secondary N) is 2. The lowest BCUT2D eigenvalue weighted by Gasteiger charge is -2.28. The minimum atomic E-state index is -1.40. The monoisotopic (exact) mass is 461 g/mol. The Bertz CT molecular complexity index is 855. The third kappa shape index (κ3) is 7.75. The third-order valence-corrected chi connectivity index (χ3v) is 6.49. The Morgan fingerprint density at radius 3 is 2.66 bits per heavy atom. The van der Waals surface area contributed by atoms with Gasteiger partial charge in [-0.25, -0.2) is 14.2 Å². The van der Waals surface area contributed by atoms with Crippen molar-refractivity contribution in [1.29, 1.82) is 0 Å². The maximum absolute atomic E-state index is 13.2. The van der Waals surface area contributed by atoms with E-state index < -0.39 is 33.6 Å². The number of hydrogen-bond donors (Lipinski definition) is 2. The van der Waals surface area contributed by atoms with Crippen LogP contribution in [0.4, 0.5) is 14.3 Å². The van der Waals surface area contributed by atoms with Crippen LogP contribution in [0, 0.1) is 5.82 Å². The highest BCUT2D eigenvalue weighted by Crippen LogP contribution is 2.27. The average molecular weight is 462 g/mol. The molecule has 6 nitrogen and oxygen atoms in total. The van der Waals surface area contributed by atoms with E-state index in [0.29, 0.717) is 23.1 Å². The van der Waals surface area contributed by atoms with Gasteiger partial charge < -0.3 is 9.29 Å². The van der Waals surface area contributed by atoms with Gasteiger partial charge in [0, 0.05) is 33.9 Å². The molecule has 0 spiro atoms. The molecule has 160 valence electrons. The van der Waals surface area contributed by atoms with E-state index in [4.69, 9.17) is 16.3 Å². The maximum atomic E-state index is 13.2. The van der Waals surface area contributed by atoms with Gasteiger partial charge in [0.15, 0.2) is 5.13 Å². The summed E-state index contributed by atoms with van der Waals surface area (Å²) >= 11 is 5.96. The van der Waals surface area contributed by atoms with Gasteiger partial charge in [0.1, 0.15) is 16.2 Å². The maximum Gasteiger partial charge on any atom is 0.413 e. The van der Waals surface area contributed by atoms with E-state index in [1.165, 1.54) is 23.5 Å². The molecule has 0 saturated heterocycles. The molecule has 2 N–H and O–H groups in total. The lowest BCUT2D eigenvalue weighted by atomic mass is 10.0. The number of amides is 1. The summed E-state index contributed by atoms with van der Waals surface area (Å²) in [6.07, 6.45) is 1.44. The number of carbonyl (C=O) groups is 1. The Kier molecular flexibility index (Phi) is 7.92. The first-order chi connectivity index (χ1) is 13.4. The van der Waals surface area contributed by atoms with E-state index in [9.17, 15) is 13.7 Å². The van der Waals surface area contributed by atoms with Crippen molar-refractivity contribution in [2.24, 2.45) is 0 Å². The van der Waals surface area contributed by atoms with Crippen LogP contribution in [-0.4, -0.2) is 26.0 Å². The van der Waals surface area contributed by atoms with Gasteiger partial charge >= 0.3 is 6.09 Å². The largest absolute Gasteiger partial charge is 0.598 e. The Balaban J connectivity index is 1.90. The number of anilines is 1. The molecule has 29 heavy (non-hydrogen) atoms. The molecule has 2 rings (SSSR count). The van der Waals surface area contributed by atoms with Crippen LogP contribution in [0.15, 0.2) is 24.4 Å². The molecule has 0 fully saturated rings. The topological polar surface area (TPSA) is 86.3 Å². The van der Waals surface area contributed by atoms with Crippen LogP contribution in [0.5, 0.6) is 0 Å². The Morgan fingerprint density at radius 2 is 2.03 bits per heavy atom. The second kappa shape index (κ2) is 9.61. The highest BCUT2D eigenvalue weighted by atomic mass is 35.5. The molecule has 0 radical (unpaired) electrons. The lowest BCUT2D eigenvalue weighted by molar-refractivity contribution is 0.0636. The zero-order valence-electron chi connectivity index (χ0n) is 17.0. The molecule has 0 aliphatic carbocycles. The molecular weight excluding hydrogens is 437 g/mol. The molecule has 0 saturated carbocycles. The van der Waals surface area contributed by atoms with E-state index >= 15 is 0 Å². The van der Waals surface area contributed by atoms with Gasteiger partial charge in [-0.1, -0.05) is 17.7 Å². The van der Waals surface area contributed by atoms with Crippen LogP contribution in [0.1, 0.15) is 45.1 Å². The molecule has 1 aromatic heterocycles. The van der Waals surface area contributed by atoms with Gasteiger partial charge in [0.2, 0.25) is 0 Å². The second-order valence-electron chi connectivity index (χ2n) is 8.02. The zero-order chi connectivity index (χ0) is 21.8. The van der Waals surface area contributed by atoms with Crippen LogP contribution in [0.2, 0.25) is 5.02 Å². The molecular formula is C19H25ClFN3O3S2. The first kappa shape index (κ1) is 23.9. The van der Waals surface area contributed by atoms with Crippen molar-refractivity contribution in [2.45, 2.75) is 57.9 Å². The first-order valence-electron chi connectivity index (χ1n) is 8.90. The molecule has 0 aliphatic rings. The van der Waals surface area contributed by atoms with E-state index in [-0.39, 0.29) is 0 Å².